The van der Waals surface area contributed by atoms with E-state index in [9.17, 15) is 14.3 Å². The quantitative estimate of drug-likeness (QED) is 0.518. The van der Waals surface area contributed by atoms with Crippen LogP contribution >= 0.6 is 7.82 Å². The maximum atomic E-state index is 11.6. The van der Waals surface area contributed by atoms with E-state index in [0.717, 1.165) is 5.56 Å². The van der Waals surface area contributed by atoms with Gasteiger partial charge in [-0.05, 0) is 31.2 Å². The van der Waals surface area contributed by atoms with Crippen LogP contribution in [0.1, 0.15) is 15.9 Å². The third kappa shape index (κ3) is 4.72. The molecule has 21 heavy (non-hydrogen) atoms. The Hall–Kier alpha value is -2.14. The lowest BCUT2D eigenvalue weighted by molar-refractivity contribution is -0.165. The summed E-state index contributed by atoms with van der Waals surface area (Å²) < 4.78 is 20.6. The summed E-state index contributed by atoms with van der Waals surface area (Å²) in [6.45, 7) is 1.86. The van der Waals surface area contributed by atoms with Crippen molar-refractivity contribution in [2.24, 2.45) is 0 Å². The van der Waals surface area contributed by atoms with Gasteiger partial charge < -0.3 is 4.52 Å². The Morgan fingerprint density at radius 1 is 1.05 bits per heavy atom. The highest BCUT2D eigenvalue weighted by atomic mass is 31.2. The molecule has 0 saturated carbocycles. The third-order valence-electron chi connectivity index (χ3n) is 2.46. The van der Waals surface area contributed by atoms with E-state index in [1.807, 2.05) is 6.92 Å². The van der Waals surface area contributed by atoms with Gasteiger partial charge in [0.2, 0.25) is 0 Å². The normalized spacial score (nSPS) is 13.2. The summed E-state index contributed by atoms with van der Waals surface area (Å²) in [5.41, 5.74) is 1.15. The molecular formula is C14H13O6P. The van der Waals surface area contributed by atoms with E-state index in [1.54, 1.807) is 30.3 Å². The van der Waals surface area contributed by atoms with E-state index in [4.69, 9.17) is 4.52 Å². The highest BCUT2D eigenvalue weighted by molar-refractivity contribution is 7.47. The Kier molecular flexibility index (Phi) is 4.75. The van der Waals surface area contributed by atoms with Gasteiger partial charge in [0.05, 0.1) is 5.56 Å². The minimum Gasteiger partial charge on any atom is -0.402 e. The van der Waals surface area contributed by atoms with E-state index in [0.29, 0.717) is 0 Å². The maximum absolute atomic E-state index is 11.6. The summed E-state index contributed by atoms with van der Waals surface area (Å²) >= 11 is 0. The molecule has 6 nitrogen and oxygen atoms in total. The first-order chi connectivity index (χ1) is 9.96. The minimum atomic E-state index is -4.55. The van der Waals surface area contributed by atoms with Crippen molar-refractivity contribution in [2.75, 3.05) is 0 Å². The second-order valence-corrected chi connectivity index (χ2v) is 5.45. The summed E-state index contributed by atoms with van der Waals surface area (Å²) in [5.74, 6) is -0.764. The molecule has 0 aliphatic rings. The lowest BCUT2D eigenvalue weighted by Crippen LogP contribution is -2.06. The number of carbonyl (C=O) groups is 1. The highest BCUT2D eigenvalue weighted by Gasteiger charge is 2.27. The molecule has 0 bridgehead atoms. The number of hydrogen-bond acceptors (Lipinski definition) is 5. The Balaban J connectivity index is 1.93. The van der Waals surface area contributed by atoms with Gasteiger partial charge in [0, 0.05) is 0 Å². The molecule has 0 spiro atoms. The topological polar surface area (TPSA) is 82.1 Å². The fourth-order valence-electron chi connectivity index (χ4n) is 1.45. The number of hydrogen-bond donors (Lipinski definition) is 1. The number of phosphoric ester groups is 1. The molecule has 0 aliphatic heterocycles. The van der Waals surface area contributed by atoms with Crippen LogP contribution in [0.2, 0.25) is 0 Å². The van der Waals surface area contributed by atoms with Crippen molar-refractivity contribution >= 4 is 13.8 Å². The fraction of sp³-hybridized carbons (Fsp3) is 0.0714. The fourth-order valence-corrected chi connectivity index (χ4v) is 2.03. The van der Waals surface area contributed by atoms with Gasteiger partial charge in [-0.3, -0.25) is 9.78 Å². The van der Waals surface area contributed by atoms with Crippen LogP contribution in [0.15, 0.2) is 54.6 Å². The molecule has 1 atom stereocenters. The van der Waals surface area contributed by atoms with Crippen molar-refractivity contribution in [3.8, 4) is 5.75 Å². The van der Waals surface area contributed by atoms with Crippen LogP contribution < -0.4 is 4.52 Å². The van der Waals surface area contributed by atoms with Crippen molar-refractivity contribution in [3.05, 3.63) is 65.7 Å². The first-order valence-corrected chi connectivity index (χ1v) is 7.50. The molecule has 2 aromatic carbocycles. The predicted molar refractivity (Wildman–Crippen MR) is 74.6 cm³/mol. The molecule has 1 unspecified atom stereocenters. The molecule has 0 heterocycles. The largest absolute Gasteiger partial charge is 0.564 e. The molecule has 2 rings (SSSR count). The molecule has 0 amide bonds. The highest BCUT2D eigenvalue weighted by Crippen LogP contribution is 2.44. The Bertz CT molecular complexity index is 653. The second kappa shape index (κ2) is 6.54. The molecule has 0 aliphatic carbocycles. The Morgan fingerprint density at radius 2 is 1.67 bits per heavy atom. The minimum absolute atomic E-state index is 0.127. The van der Waals surface area contributed by atoms with E-state index in [-0.39, 0.29) is 11.3 Å². The first-order valence-electron chi connectivity index (χ1n) is 6.01. The van der Waals surface area contributed by atoms with Gasteiger partial charge in [0.1, 0.15) is 5.75 Å². The van der Waals surface area contributed by atoms with E-state index in [2.05, 4.69) is 9.56 Å². The van der Waals surface area contributed by atoms with Gasteiger partial charge in [-0.25, -0.2) is 9.36 Å². The number of phosphoric acid groups is 1. The molecule has 0 aromatic heterocycles. The molecular weight excluding hydrogens is 295 g/mol. The maximum Gasteiger partial charge on any atom is 0.564 e. The molecule has 0 saturated heterocycles. The summed E-state index contributed by atoms with van der Waals surface area (Å²) in [5, 5.41) is 0. The second-order valence-electron chi connectivity index (χ2n) is 4.18. The average Bonchev–Trinajstić information content (AvgIpc) is 2.48. The summed E-state index contributed by atoms with van der Waals surface area (Å²) in [4.78, 5) is 25.3. The monoisotopic (exact) mass is 308 g/mol. The Morgan fingerprint density at radius 3 is 2.29 bits per heavy atom. The summed E-state index contributed by atoms with van der Waals surface area (Å²) in [6.07, 6.45) is 0. The lowest BCUT2D eigenvalue weighted by Gasteiger charge is -2.11. The number of aryl methyl sites for hydroxylation is 1. The lowest BCUT2D eigenvalue weighted by atomic mass is 10.2. The standard InChI is InChI=1S/C14H13O6P/c1-11-7-9-13(10-8-11)19-21(16,17)20-18-14(15)12-5-3-2-4-6-12/h2-10H,1H3,(H,16,17). The summed E-state index contributed by atoms with van der Waals surface area (Å²) in [7, 11) is -4.55. The van der Waals surface area contributed by atoms with Gasteiger partial charge in [-0.15, -0.1) is 0 Å². The van der Waals surface area contributed by atoms with E-state index < -0.39 is 13.8 Å². The van der Waals surface area contributed by atoms with Gasteiger partial charge >= 0.3 is 13.8 Å². The van der Waals surface area contributed by atoms with Crippen molar-refractivity contribution < 1.29 is 28.3 Å². The number of benzene rings is 2. The van der Waals surface area contributed by atoms with Crippen LogP contribution in [0.4, 0.5) is 0 Å². The first kappa shape index (κ1) is 15.3. The van der Waals surface area contributed by atoms with Crippen LogP contribution in [0.5, 0.6) is 5.75 Å². The molecule has 1 N–H and O–H groups in total. The third-order valence-corrected chi connectivity index (χ3v) is 3.16. The average molecular weight is 308 g/mol. The van der Waals surface area contributed by atoms with Gasteiger partial charge in [0.15, 0.2) is 0 Å². The molecule has 0 fully saturated rings. The molecule has 110 valence electrons. The van der Waals surface area contributed by atoms with Crippen molar-refractivity contribution in [3.63, 3.8) is 0 Å². The van der Waals surface area contributed by atoms with Crippen LogP contribution in [0.3, 0.4) is 0 Å². The molecule has 2 aromatic rings. The summed E-state index contributed by atoms with van der Waals surface area (Å²) in [6, 6.07) is 14.3. The van der Waals surface area contributed by atoms with Gasteiger partial charge in [0.25, 0.3) is 0 Å². The predicted octanol–water partition coefficient (Wildman–Crippen LogP) is 3.26. The van der Waals surface area contributed by atoms with Crippen LogP contribution in [-0.4, -0.2) is 10.9 Å². The van der Waals surface area contributed by atoms with Crippen LogP contribution in [-0.2, 0) is 14.1 Å². The zero-order valence-corrected chi connectivity index (χ0v) is 12.0. The van der Waals surface area contributed by atoms with Crippen molar-refractivity contribution in [2.45, 2.75) is 6.92 Å². The van der Waals surface area contributed by atoms with E-state index >= 15 is 0 Å². The smallest absolute Gasteiger partial charge is 0.402 e. The van der Waals surface area contributed by atoms with E-state index in [1.165, 1.54) is 24.3 Å². The number of rotatable bonds is 5. The SMILES string of the molecule is Cc1ccc(OP(=O)(O)OOC(=O)c2ccccc2)cc1. The zero-order valence-electron chi connectivity index (χ0n) is 11.1. The zero-order chi connectivity index (χ0) is 15.3. The molecule has 7 heteroatoms. The van der Waals surface area contributed by atoms with Crippen LogP contribution in [0, 0.1) is 6.92 Å². The molecule has 0 radical (unpaired) electrons. The van der Waals surface area contributed by atoms with Gasteiger partial charge in [-0.2, -0.15) is 0 Å². The van der Waals surface area contributed by atoms with Gasteiger partial charge in [-0.1, -0.05) is 40.6 Å². The Labute approximate surface area is 121 Å². The van der Waals surface area contributed by atoms with Crippen molar-refractivity contribution in [1.82, 2.24) is 0 Å². The van der Waals surface area contributed by atoms with Crippen molar-refractivity contribution in [1.29, 1.82) is 0 Å². The number of carbonyl (C=O) groups excluding carboxylic acids is 1. The van der Waals surface area contributed by atoms with Crippen LogP contribution in [0.25, 0.3) is 0 Å².